The maximum absolute atomic E-state index is 13.1. The molecule has 1 saturated carbocycles. The van der Waals surface area contributed by atoms with Crippen LogP contribution in [0.5, 0.6) is 0 Å². The van der Waals surface area contributed by atoms with Gasteiger partial charge in [-0.1, -0.05) is 48.0 Å². The lowest BCUT2D eigenvalue weighted by atomic mass is 9.86. The van der Waals surface area contributed by atoms with Crippen LogP contribution < -0.4 is 0 Å². The fourth-order valence-corrected chi connectivity index (χ4v) is 4.91. The molecule has 4 heteroatoms. The largest absolute Gasteiger partial charge is 0.393 e. The second kappa shape index (κ2) is 7.58. The maximum atomic E-state index is 13.1. The van der Waals surface area contributed by atoms with Crippen LogP contribution in [-0.4, -0.2) is 34.6 Å². The number of benzene rings is 2. The number of hydrogen-bond donors (Lipinski definition) is 1. The Morgan fingerprint density at radius 2 is 1.81 bits per heavy atom. The average Bonchev–Trinajstić information content (AvgIpc) is 2.66. The van der Waals surface area contributed by atoms with Crippen molar-refractivity contribution in [3.05, 3.63) is 47.0 Å². The summed E-state index contributed by atoms with van der Waals surface area (Å²) in [4.78, 5) is 15.2. The number of fused-ring (bicyclic) bond motifs is 1. The molecular formula is C22H26ClNO2. The van der Waals surface area contributed by atoms with Crippen LogP contribution in [0, 0.1) is 5.92 Å². The van der Waals surface area contributed by atoms with Gasteiger partial charge in [0.05, 0.1) is 11.1 Å². The first-order valence-corrected chi connectivity index (χ1v) is 10.2. The molecule has 138 valence electrons. The third-order valence-corrected chi connectivity index (χ3v) is 6.55. The van der Waals surface area contributed by atoms with Gasteiger partial charge in [-0.3, -0.25) is 4.79 Å². The predicted octanol–water partition coefficient (Wildman–Crippen LogP) is 4.58. The van der Waals surface area contributed by atoms with Gasteiger partial charge in [0.25, 0.3) is 0 Å². The molecule has 1 amide bonds. The minimum atomic E-state index is -0.182. The predicted molar refractivity (Wildman–Crippen MR) is 105 cm³/mol. The van der Waals surface area contributed by atoms with Crippen molar-refractivity contribution in [3.63, 3.8) is 0 Å². The second-order valence-electron chi connectivity index (χ2n) is 7.80. The fourth-order valence-electron chi connectivity index (χ4n) is 4.60. The number of piperidine rings is 1. The van der Waals surface area contributed by atoms with Crippen LogP contribution in [0.15, 0.2) is 36.4 Å². The quantitative estimate of drug-likeness (QED) is 0.858. The smallest absolute Gasteiger partial charge is 0.226 e. The van der Waals surface area contributed by atoms with E-state index in [0.29, 0.717) is 12.5 Å². The molecule has 1 aliphatic carbocycles. The summed E-state index contributed by atoms with van der Waals surface area (Å²) >= 11 is 6.66. The lowest BCUT2D eigenvalue weighted by molar-refractivity contribution is -0.142. The van der Waals surface area contributed by atoms with E-state index in [1.54, 1.807) is 0 Å². The molecule has 26 heavy (non-hydrogen) atoms. The Kier molecular flexibility index (Phi) is 5.19. The highest BCUT2D eigenvalue weighted by molar-refractivity contribution is 6.36. The topological polar surface area (TPSA) is 40.5 Å². The number of carbonyl (C=O) groups excluding carboxylic acids is 1. The van der Waals surface area contributed by atoms with Crippen molar-refractivity contribution >= 4 is 28.3 Å². The van der Waals surface area contributed by atoms with Crippen LogP contribution in [0.4, 0.5) is 0 Å². The molecule has 1 heterocycles. The normalized spacial score (nSPS) is 27.1. The first kappa shape index (κ1) is 17.8. The minimum Gasteiger partial charge on any atom is -0.393 e. The lowest BCUT2D eigenvalue weighted by Gasteiger charge is -2.40. The van der Waals surface area contributed by atoms with Crippen LogP contribution in [0.3, 0.4) is 0 Å². The molecule has 1 N–H and O–H groups in total. The maximum Gasteiger partial charge on any atom is 0.226 e. The number of halogens is 1. The summed E-state index contributed by atoms with van der Waals surface area (Å²) in [6.45, 7) is 0.863. The summed E-state index contributed by atoms with van der Waals surface area (Å²) in [6.07, 6.45) is 6.01. The monoisotopic (exact) mass is 371 g/mol. The first-order valence-electron chi connectivity index (χ1n) is 9.78. The van der Waals surface area contributed by atoms with Crippen molar-refractivity contribution < 1.29 is 9.90 Å². The third kappa shape index (κ3) is 3.47. The highest BCUT2D eigenvalue weighted by Crippen LogP contribution is 2.33. The number of nitrogens with zero attached hydrogens (tertiary/aromatic N) is 1. The number of aliphatic hydroxyl groups excluding tert-OH is 1. The molecule has 1 unspecified atom stereocenters. The van der Waals surface area contributed by atoms with Crippen molar-refractivity contribution in [2.45, 2.75) is 57.1 Å². The highest BCUT2D eigenvalue weighted by atomic mass is 35.5. The molecule has 0 spiro atoms. The molecule has 1 atom stereocenters. The van der Waals surface area contributed by atoms with Gasteiger partial charge in [0.2, 0.25) is 5.91 Å². The Morgan fingerprint density at radius 1 is 1.04 bits per heavy atom. The SMILES string of the molecule is O=C1C(Cc2ccc3ccccc3c2Cl)CCCN1[C@H]1CC[C@@H](O)CC1. The summed E-state index contributed by atoms with van der Waals surface area (Å²) in [5.74, 6) is 0.302. The molecule has 1 aliphatic heterocycles. The average molecular weight is 372 g/mol. The molecular weight excluding hydrogens is 346 g/mol. The van der Waals surface area contributed by atoms with Crippen LogP contribution in [-0.2, 0) is 11.2 Å². The van der Waals surface area contributed by atoms with Crippen LogP contribution in [0.2, 0.25) is 5.02 Å². The third-order valence-electron chi connectivity index (χ3n) is 6.10. The summed E-state index contributed by atoms with van der Waals surface area (Å²) in [7, 11) is 0. The number of rotatable bonds is 3. The zero-order chi connectivity index (χ0) is 18.1. The summed E-state index contributed by atoms with van der Waals surface area (Å²) in [5, 5.41) is 12.7. The number of amides is 1. The van der Waals surface area contributed by atoms with Gasteiger partial charge in [-0.15, -0.1) is 0 Å². The van der Waals surface area contributed by atoms with Gasteiger partial charge in [0.1, 0.15) is 0 Å². The standard InChI is InChI=1S/C22H26ClNO2/c23-21-16(8-7-15-4-1-2-6-20(15)21)14-17-5-3-13-24(22(17)26)18-9-11-19(25)12-10-18/h1-2,4,6-8,17-19,25H,3,5,9-14H2/t17?,18-,19+. The minimum absolute atomic E-state index is 0.0225. The van der Waals surface area contributed by atoms with Gasteiger partial charge in [-0.05, 0) is 55.9 Å². The molecule has 3 nitrogen and oxygen atoms in total. The van der Waals surface area contributed by atoms with E-state index in [9.17, 15) is 9.90 Å². The van der Waals surface area contributed by atoms with Crippen LogP contribution >= 0.6 is 11.6 Å². The number of hydrogen-bond acceptors (Lipinski definition) is 2. The van der Waals surface area contributed by atoms with E-state index >= 15 is 0 Å². The Bertz CT molecular complexity index is 798. The summed E-state index contributed by atoms with van der Waals surface area (Å²) in [6, 6.07) is 12.6. The summed E-state index contributed by atoms with van der Waals surface area (Å²) in [5.41, 5.74) is 1.07. The van der Waals surface area contributed by atoms with Crippen molar-refractivity contribution in [3.8, 4) is 0 Å². The molecule has 4 rings (SSSR count). The molecule has 0 aromatic heterocycles. The molecule has 2 fully saturated rings. The van der Waals surface area contributed by atoms with E-state index in [4.69, 9.17) is 11.6 Å². The molecule has 1 saturated heterocycles. The van der Waals surface area contributed by atoms with Crippen molar-refractivity contribution in [1.29, 1.82) is 0 Å². The Morgan fingerprint density at radius 3 is 2.62 bits per heavy atom. The van der Waals surface area contributed by atoms with E-state index in [1.165, 1.54) is 0 Å². The van der Waals surface area contributed by atoms with Gasteiger partial charge in [-0.25, -0.2) is 0 Å². The van der Waals surface area contributed by atoms with Gasteiger partial charge in [-0.2, -0.15) is 0 Å². The Balaban J connectivity index is 1.51. The molecule has 0 bridgehead atoms. The second-order valence-corrected chi connectivity index (χ2v) is 8.18. The van der Waals surface area contributed by atoms with Gasteiger partial charge >= 0.3 is 0 Å². The number of carbonyl (C=O) groups is 1. The Hall–Kier alpha value is -1.58. The first-order chi connectivity index (χ1) is 12.6. The zero-order valence-corrected chi connectivity index (χ0v) is 15.8. The summed E-state index contributed by atoms with van der Waals surface area (Å²) < 4.78 is 0. The molecule has 0 radical (unpaired) electrons. The molecule has 2 aliphatic rings. The van der Waals surface area contributed by atoms with E-state index in [-0.39, 0.29) is 17.9 Å². The Labute approximate surface area is 159 Å². The highest BCUT2D eigenvalue weighted by Gasteiger charge is 2.35. The lowest BCUT2D eigenvalue weighted by Crippen LogP contribution is -2.49. The number of likely N-dealkylation sites (tertiary alicyclic amines) is 1. The fraction of sp³-hybridized carbons (Fsp3) is 0.500. The van der Waals surface area contributed by atoms with Gasteiger partial charge in [0.15, 0.2) is 0 Å². The van der Waals surface area contributed by atoms with E-state index in [0.717, 1.165) is 66.4 Å². The van der Waals surface area contributed by atoms with Crippen molar-refractivity contribution in [2.75, 3.05) is 6.54 Å². The van der Waals surface area contributed by atoms with Gasteiger partial charge in [0, 0.05) is 23.9 Å². The molecule has 2 aromatic carbocycles. The van der Waals surface area contributed by atoms with E-state index in [1.807, 2.05) is 18.2 Å². The van der Waals surface area contributed by atoms with E-state index in [2.05, 4.69) is 23.1 Å². The van der Waals surface area contributed by atoms with Gasteiger partial charge < -0.3 is 10.0 Å². The van der Waals surface area contributed by atoms with Crippen molar-refractivity contribution in [1.82, 2.24) is 4.90 Å². The molecule has 2 aromatic rings. The van der Waals surface area contributed by atoms with E-state index < -0.39 is 0 Å². The number of aliphatic hydroxyl groups is 1. The zero-order valence-electron chi connectivity index (χ0n) is 15.0. The van der Waals surface area contributed by atoms with Crippen LogP contribution in [0.1, 0.15) is 44.1 Å². The van der Waals surface area contributed by atoms with Crippen LogP contribution in [0.25, 0.3) is 10.8 Å². The van der Waals surface area contributed by atoms with Crippen molar-refractivity contribution in [2.24, 2.45) is 5.92 Å².